The van der Waals surface area contributed by atoms with Crippen LogP contribution in [0.5, 0.6) is 0 Å². The van der Waals surface area contributed by atoms with Gasteiger partial charge in [-0.3, -0.25) is 4.79 Å². The summed E-state index contributed by atoms with van der Waals surface area (Å²) in [7, 11) is 5.65. The number of methoxy groups -OCH3 is 1. The van der Waals surface area contributed by atoms with E-state index in [-0.39, 0.29) is 5.91 Å². The van der Waals surface area contributed by atoms with E-state index in [1.807, 2.05) is 25.8 Å². The van der Waals surface area contributed by atoms with Gasteiger partial charge in [0.2, 0.25) is 0 Å². The van der Waals surface area contributed by atoms with Gasteiger partial charge in [-0.05, 0) is 46.3 Å². The summed E-state index contributed by atoms with van der Waals surface area (Å²) in [6.07, 6.45) is 2.82. The second-order valence-electron chi connectivity index (χ2n) is 5.24. The Bertz CT molecular complexity index is 256. The van der Waals surface area contributed by atoms with Crippen LogP contribution in [0, 0.1) is 0 Å². The molecule has 0 aromatic rings. The summed E-state index contributed by atoms with van der Waals surface area (Å²) in [5.74, 6) is 0.108. The molecule has 4 heteroatoms. The Morgan fingerprint density at radius 1 is 1.47 bits per heavy atom. The summed E-state index contributed by atoms with van der Waals surface area (Å²) in [6.45, 7) is 6.00. The molecule has 17 heavy (non-hydrogen) atoms. The summed E-state index contributed by atoms with van der Waals surface area (Å²) in [5.41, 5.74) is -0.669. The predicted molar refractivity (Wildman–Crippen MR) is 69.0 cm³/mol. The Morgan fingerprint density at radius 3 is 2.41 bits per heavy atom. The van der Waals surface area contributed by atoms with Gasteiger partial charge in [0.15, 0.2) is 0 Å². The number of ether oxygens (including phenoxy) is 1. The monoisotopic (exact) mass is 242 g/mol. The number of likely N-dealkylation sites (N-methyl/N-ethyl adjacent to an activating group) is 1. The topological polar surface area (TPSA) is 32.8 Å². The van der Waals surface area contributed by atoms with Gasteiger partial charge in [-0.25, -0.2) is 0 Å². The van der Waals surface area contributed by atoms with E-state index in [0.717, 1.165) is 25.9 Å². The SMILES string of the molecule is CCC(C)(OC)C(=O)N(C)C1CCN(C)CC1. The third-order valence-corrected chi connectivity index (χ3v) is 4.13. The molecule has 0 bridgehead atoms. The van der Waals surface area contributed by atoms with Gasteiger partial charge in [-0.1, -0.05) is 6.92 Å². The normalized spacial score (nSPS) is 22.2. The number of rotatable bonds is 4. The minimum atomic E-state index is -0.669. The highest BCUT2D eigenvalue weighted by Crippen LogP contribution is 2.22. The summed E-state index contributed by atoms with van der Waals surface area (Å²) in [6, 6.07) is 0.361. The summed E-state index contributed by atoms with van der Waals surface area (Å²) in [4.78, 5) is 16.6. The van der Waals surface area contributed by atoms with E-state index in [1.54, 1.807) is 7.11 Å². The molecule has 1 aliphatic rings. The van der Waals surface area contributed by atoms with Crippen LogP contribution in [0.1, 0.15) is 33.1 Å². The zero-order valence-electron chi connectivity index (χ0n) is 11.8. The predicted octanol–water partition coefficient (Wildman–Crippen LogP) is 1.35. The Morgan fingerprint density at radius 2 is 2.00 bits per heavy atom. The van der Waals surface area contributed by atoms with Crippen LogP contribution in [0.15, 0.2) is 0 Å². The fourth-order valence-electron chi connectivity index (χ4n) is 2.30. The molecule has 1 heterocycles. The number of amides is 1. The Balaban J connectivity index is 2.63. The molecule has 1 saturated heterocycles. The minimum absolute atomic E-state index is 0.108. The van der Waals surface area contributed by atoms with Crippen molar-refractivity contribution in [3.63, 3.8) is 0 Å². The average molecular weight is 242 g/mol. The fourth-order valence-corrected chi connectivity index (χ4v) is 2.30. The first-order chi connectivity index (χ1) is 7.94. The van der Waals surface area contributed by atoms with Crippen LogP contribution in [0.3, 0.4) is 0 Å². The highest BCUT2D eigenvalue weighted by atomic mass is 16.5. The van der Waals surface area contributed by atoms with Gasteiger partial charge in [-0.15, -0.1) is 0 Å². The third kappa shape index (κ3) is 3.19. The molecule has 1 rings (SSSR count). The highest BCUT2D eigenvalue weighted by Gasteiger charge is 2.36. The second-order valence-corrected chi connectivity index (χ2v) is 5.24. The molecule has 1 atom stereocenters. The summed E-state index contributed by atoms with van der Waals surface area (Å²) >= 11 is 0. The van der Waals surface area contributed by atoms with Gasteiger partial charge < -0.3 is 14.5 Å². The number of carbonyl (C=O) groups excluding carboxylic acids is 1. The maximum absolute atomic E-state index is 12.4. The quantitative estimate of drug-likeness (QED) is 0.746. The van der Waals surface area contributed by atoms with Crippen molar-refractivity contribution in [2.75, 3.05) is 34.3 Å². The van der Waals surface area contributed by atoms with Crippen molar-refractivity contribution in [2.45, 2.75) is 44.8 Å². The van der Waals surface area contributed by atoms with E-state index >= 15 is 0 Å². The van der Waals surface area contributed by atoms with Crippen LogP contribution in [0.2, 0.25) is 0 Å². The number of likely N-dealkylation sites (tertiary alicyclic amines) is 1. The first-order valence-electron chi connectivity index (χ1n) is 6.45. The highest BCUT2D eigenvalue weighted by molar-refractivity contribution is 5.84. The molecule has 0 spiro atoms. The van der Waals surface area contributed by atoms with Gasteiger partial charge in [-0.2, -0.15) is 0 Å². The van der Waals surface area contributed by atoms with Gasteiger partial charge in [0, 0.05) is 20.2 Å². The van der Waals surface area contributed by atoms with Crippen LogP contribution < -0.4 is 0 Å². The molecule has 0 aromatic carbocycles. The molecule has 100 valence electrons. The van der Waals surface area contributed by atoms with Crippen molar-refractivity contribution < 1.29 is 9.53 Å². The Labute approximate surface area is 105 Å². The lowest BCUT2D eigenvalue weighted by molar-refractivity contribution is -0.155. The van der Waals surface area contributed by atoms with Crippen LogP contribution in [-0.4, -0.2) is 61.6 Å². The van der Waals surface area contributed by atoms with Gasteiger partial charge >= 0.3 is 0 Å². The first kappa shape index (κ1) is 14.5. The van der Waals surface area contributed by atoms with E-state index in [2.05, 4.69) is 11.9 Å². The lowest BCUT2D eigenvalue weighted by atomic mass is 9.97. The van der Waals surface area contributed by atoms with Crippen LogP contribution >= 0.6 is 0 Å². The van der Waals surface area contributed by atoms with Crippen LogP contribution in [-0.2, 0) is 9.53 Å². The molecule has 1 fully saturated rings. The van der Waals surface area contributed by atoms with E-state index in [0.29, 0.717) is 12.5 Å². The van der Waals surface area contributed by atoms with Gasteiger partial charge in [0.25, 0.3) is 5.91 Å². The maximum atomic E-state index is 12.4. The smallest absolute Gasteiger partial charge is 0.254 e. The first-order valence-corrected chi connectivity index (χ1v) is 6.45. The van der Waals surface area contributed by atoms with Crippen molar-refractivity contribution in [2.24, 2.45) is 0 Å². The summed E-state index contributed by atoms with van der Waals surface area (Å²) in [5, 5.41) is 0. The van der Waals surface area contributed by atoms with E-state index in [4.69, 9.17) is 4.74 Å². The number of piperidine rings is 1. The second kappa shape index (κ2) is 5.83. The Kier molecular flexibility index (Phi) is 4.95. The van der Waals surface area contributed by atoms with Gasteiger partial charge in [0.05, 0.1) is 0 Å². The number of nitrogens with zero attached hydrogens (tertiary/aromatic N) is 2. The van der Waals surface area contributed by atoms with E-state index in [9.17, 15) is 4.79 Å². The Hall–Kier alpha value is -0.610. The fraction of sp³-hybridized carbons (Fsp3) is 0.923. The summed E-state index contributed by atoms with van der Waals surface area (Å²) < 4.78 is 5.38. The number of carbonyl (C=O) groups is 1. The third-order valence-electron chi connectivity index (χ3n) is 4.13. The molecule has 0 aromatic heterocycles. The maximum Gasteiger partial charge on any atom is 0.254 e. The lowest BCUT2D eigenvalue weighted by Crippen LogP contribution is -2.52. The van der Waals surface area contributed by atoms with Crippen molar-refractivity contribution >= 4 is 5.91 Å². The van der Waals surface area contributed by atoms with Crippen LogP contribution in [0.4, 0.5) is 0 Å². The molecule has 1 amide bonds. The zero-order valence-corrected chi connectivity index (χ0v) is 11.8. The van der Waals surface area contributed by atoms with Crippen molar-refractivity contribution in [3.8, 4) is 0 Å². The molecule has 0 aliphatic carbocycles. The molecular weight excluding hydrogens is 216 g/mol. The number of hydrogen-bond acceptors (Lipinski definition) is 3. The molecular formula is C13H26N2O2. The molecule has 0 N–H and O–H groups in total. The molecule has 0 saturated carbocycles. The molecule has 0 radical (unpaired) electrons. The molecule has 4 nitrogen and oxygen atoms in total. The zero-order chi connectivity index (χ0) is 13.1. The average Bonchev–Trinajstić information content (AvgIpc) is 2.37. The van der Waals surface area contributed by atoms with E-state index in [1.165, 1.54) is 0 Å². The minimum Gasteiger partial charge on any atom is -0.369 e. The van der Waals surface area contributed by atoms with E-state index < -0.39 is 5.60 Å². The van der Waals surface area contributed by atoms with Crippen molar-refractivity contribution in [3.05, 3.63) is 0 Å². The molecule has 1 aliphatic heterocycles. The standard InChI is InChI=1S/C13H26N2O2/c1-6-13(2,17-5)12(16)15(4)11-7-9-14(3)10-8-11/h11H,6-10H2,1-5H3. The number of hydrogen-bond donors (Lipinski definition) is 0. The lowest BCUT2D eigenvalue weighted by Gasteiger charge is -2.39. The largest absolute Gasteiger partial charge is 0.369 e. The molecule has 1 unspecified atom stereocenters. The van der Waals surface area contributed by atoms with Gasteiger partial charge in [0.1, 0.15) is 5.60 Å². The van der Waals surface area contributed by atoms with Crippen LogP contribution in [0.25, 0.3) is 0 Å². The van der Waals surface area contributed by atoms with Crippen molar-refractivity contribution in [1.29, 1.82) is 0 Å². The van der Waals surface area contributed by atoms with Crippen molar-refractivity contribution in [1.82, 2.24) is 9.80 Å².